The van der Waals surface area contributed by atoms with E-state index in [0.717, 1.165) is 21.1 Å². The number of carbonyl (C=O) groups is 1. The van der Waals surface area contributed by atoms with Crippen LogP contribution in [-0.2, 0) is 14.3 Å². The van der Waals surface area contributed by atoms with Crippen LogP contribution in [0.25, 0.3) is 22.1 Å². The Bertz CT molecular complexity index is 1460. The molecule has 1 spiro atoms. The SMILES string of the molecule is CC(=O)O[C@H]1[C@H](n2cnc3c(Cl)ncnc32)OC2(CC(Oc3ccc4cc(Br)cnc4c3)C2)[C@H]1C. The number of fused-ring (bicyclic) bond motifs is 2. The van der Waals surface area contributed by atoms with Gasteiger partial charge < -0.3 is 14.2 Å². The lowest BCUT2D eigenvalue weighted by Crippen LogP contribution is -2.54. The van der Waals surface area contributed by atoms with Gasteiger partial charge in [-0.1, -0.05) is 18.5 Å². The summed E-state index contributed by atoms with van der Waals surface area (Å²) in [5.74, 6) is 0.325. The number of ether oxygens (including phenoxy) is 3. The van der Waals surface area contributed by atoms with Crippen molar-refractivity contribution in [3.8, 4) is 5.75 Å². The van der Waals surface area contributed by atoms with Gasteiger partial charge in [0.2, 0.25) is 0 Å². The Morgan fingerprint density at radius 1 is 1.23 bits per heavy atom. The average molecular weight is 559 g/mol. The number of nitrogens with zero attached hydrogens (tertiary/aromatic N) is 5. The molecule has 4 aromatic rings. The first-order valence-corrected chi connectivity index (χ1v) is 12.4. The van der Waals surface area contributed by atoms with Gasteiger partial charge in [-0.25, -0.2) is 15.0 Å². The molecular weight excluding hydrogens is 538 g/mol. The van der Waals surface area contributed by atoms with E-state index in [-0.39, 0.29) is 23.1 Å². The Balaban J connectivity index is 1.24. The van der Waals surface area contributed by atoms with Gasteiger partial charge in [-0.2, -0.15) is 0 Å². The third-order valence-electron chi connectivity index (χ3n) is 6.92. The lowest BCUT2D eigenvalue weighted by atomic mass is 9.69. The van der Waals surface area contributed by atoms with Crippen LogP contribution in [0.3, 0.4) is 0 Å². The minimum absolute atomic E-state index is 0.0293. The minimum atomic E-state index is -0.589. The molecular formula is C24H21BrClN5O4. The average Bonchev–Trinajstić information content (AvgIpc) is 3.34. The van der Waals surface area contributed by atoms with E-state index in [4.69, 9.17) is 25.8 Å². The zero-order valence-electron chi connectivity index (χ0n) is 18.9. The number of rotatable bonds is 4. The van der Waals surface area contributed by atoms with Crippen molar-refractivity contribution in [2.45, 2.75) is 50.7 Å². The summed E-state index contributed by atoms with van der Waals surface area (Å²) in [5, 5.41) is 1.29. The number of hydrogen-bond acceptors (Lipinski definition) is 8. The van der Waals surface area contributed by atoms with Crippen molar-refractivity contribution >= 4 is 55.6 Å². The van der Waals surface area contributed by atoms with Gasteiger partial charge in [0.1, 0.15) is 23.7 Å². The fraction of sp³-hybridized carbons (Fsp3) is 0.375. The van der Waals surface area contributed by atoms with Crippen LogP contribution >= 0.6 is 27.5 Å². The summed E-state index contributed by atoms with van der Waals surface area (Å²) in [4.78, 5) is 29.1. The summed E-state index contributed by atoms with van der Waals surface area (Å²) in [6.45, 7) is 3.45. The van der Waals surface area contributed by atoms with Crippen LogP contribution < -0.4 is 4.74 Å². The molecule has 2 fully saturated rings. The zero-order chi connectivity index (χ0) is 24.3. The number of esters is 1. The van der Waals surface area contributed by atoms with E-state index in [1.807, 2.05) is 31.2 Å². The molecule has 3 atom stereocenters. The Hall–Kier alpha value is -2.82. The Morgan fingerprint density at radius 3 is 2.86 bits per heavy atom. The number of benzene rings is 1. The fourth-order valence-corrected chi connectivity index (χ4v) is 5.67. The number of pyridine rings is 1. The number of halogens is 2. The maximum Gasteiger partial charge on any atom is 0.303 e. The maximum absolute atomic E-state index is 11.9. The second-order valence-corrected chi connectivity index (χ2v) is 10.4. The van der Waals surface area contributed by atoms with E-state index >= 15 is 0 Å². The zero-order valence-corrected chi connectivity index (χ0v) is 21.2. The molecule has 6 rings (SSSR count). The molecule has 0 N–H and O–H groups in total. The Kier molecular flexibility index (Phi) is 5.43. The molecule has 1 aromatic carbocycles. The summed E-state index contributed by atoms with van der Waals surface area (Å²) in [5.41, 5.74) is 1.37. The summed E-state index contributed by atoms with van der Waals surface area (Å²) in [7, 11) is 0. The second-order valence-electron chi connectivity index (χ2n) is 9.08. The topological polar surface area (TPSA) is 101 Å². The van der Waals surface area contributed by atoms with Crippen molar-refractivity contribution in [1.82, 2.24) is 24.5 Å². The monoisotopic (exact) mass is 557 g/mol. The van der Waals surface area contributed by atoms with Gasteiger partial charge in [-0.05, 0) is 34.1 Å². The van der Waals surface area contributed by atoms with Crippen molar-refractivity contribution in [1.29, 1.82) is 0 Å². The third-order valence-corrected chi connectivity index (χ3v) is 7.63. The highest BCUT2D eigenvalue weighted by Gasteiger charge is 2.62. The molecule has 9 nitrogen and oxygen atoms in total. The van der Waals surface area contributed by atoms with E-state index in [2.05, 4.69) is 35.9 Å². The highest BCUT2D eigenvalue weighted by Crippen LogP contribution is 2.54. The normalized spacial score (nSPS) is 27.9. The van der Waals surface area contributed by atoms with Gasteiger partial charge in [0, 0.05) is 47.8 Å². The quantitative estimate of drug-likeness (QED) is 0.258. The summed E-state index contributed by atoms with van der Waals surface area (Å²) in [6.07, 6.45) is 4.95. The molecule has 0 radical (unpaired) electrons. The summed E-state index contributed by atoms with van der Waals surface area (Å²) in [6, 6.07) is 7.91. The largest absolute Gasteiger partial charge is 0.490 e. The van der Waals surface area contributed by atoms with Crippen LogP contribution in [0.4, 0.5) is 0 Å². The van der Waals surface area contributed by atoms with Gasteiger partial charge in [0.15, 0.2) is 23.1 Å². The molecule has 4 heterocycles. The van der Waals surface area contributed by atoms with E-state index in [9.17, 15) is 4.79 Å². The molecule has 11 heteroatoms. The molecule has 1 aliphatic heterocycles. The van der Waals surface area contributed by atoms with Crippen molar-refractivity contribution in [2.24, 2.45) is 5.92 Å². The van der Waals surface area contributed by atoms with E-state index in [1.165, 1.54) is 13.3 Å². The molecule has 0 amide bonds. The minimum Gasteiger partial charge on any atom is -0.490 e. The van der Waals surface area contributed by atoms with E-state index in [0.29, 0.717) is 24.0 Å². The molecule has 35 heavy (non-hydrogen) atoms. The number of carbonyl (C=O) groups excluding carboxylic acids is 1. The maximum atomic E-state index is 11.9. The first-order valence-electron chi connectivity index (χ1n) is 11.2. The Labute approximate surface area is 213 Å². The fourth-order valence-electron chi connectivity index (χ4n) is 5.14. The predicted octanol–water partition coefficient (Wildman–Crippen LogP) is 4.87. The molecule has 2 aliphatic rings. The van der Waals surface area contributed by atoms with Gasteiger partial charge in [-0.15, -0.1) is 0 Å². The number of aromatic nitrogens is 5. The van der Waals surface area contributed by atoms with Crippen LogP contribution in [0.5, 0.6) is 5.75 Å². The standard InChI is InChI=1S/C24H21BrClN5O4/c1-12-20(33-13(2)32)23(31-11-30-19-21(26)28-10-29-22(19)31)35-24(12)7-17(8-24)34-16-4-3-14-5-15(25)9-27-18(14)6-16/h3-6,9-12,17,20,23H,7-8H2,1-2H3/t12-,17?,20+,23+,24?/m0/s1. The van der Waals surface area contributed by atoms with Gasteiger partial charge in [0.25, 0.3) is 0 Å². The molecule has 180 valence electrons. The van der Waals surface area contributed by atoms with Crippen molar-refractivity contribution < 1.29 is 19.0 Å². The van der Waals surface area contributed by atoms with Crippen LogP contribution in [0.15, 0.2) is 47.6 Å². The summed E-state index contributed by atoms with van der Waals surface area (Å²) >= 11 is 9.63. The highest BCUT2D eigenvalue weighted by atomic mass is 79.9. The first kappa shape index (κ1) is 22.6. The van der Waals surface area contributed by atoms with Crippen molar-refractivity contribution in [2.75, 3.05) is 0 Å². The van der Waals surface area contributed by atoms with Crippen LogP contribution in [0.1, 0.15) is 32.9 Å². The number of hydrogen-bond donors (Lipinski definition) is 0. The summed E-state index contributed by atoms with van der Waals surface area (Å²) < 4.78 is 21.3. The Morgan fingerprint density at radius 2 is 2.06 bits per heavy atom. The smallest absolute Gasteiger partial charge is 0.303 e. The van der Waals surface area contributed by atoms with Crippen molar-refractivity contribution in [3.63, 3.8) is 0 Å². The van der Waals surface area contributed by atoms with E-state index in [1.54, 1.807) is 17.1 Å². The van der Waals surface area contributed by atoms with E-state index < -0.39 is 17.9 Å². The first-order chi connectivity index (χ1) is 16.8. The second kappa shape index (κ2) is 8.39. The molecule has 1 saturated carbocycles. The van der Waals surface area contributed by atoms with Crippen molar-refractivity contribution in [3.05, 3.63) is 52.7 Å². The van der Waals surface area contributed by atoms with Crippen LogP contribution in [0, 0.1) is 5.92 Å². The molecule has 0 unspecified atom stereocenters. The molecule has 0 bridgehead atoms. The van der Waals surface area contributed by atoms with Gasteiger partial charge in [-0.3, -0.25) is 14.3 Å². The van der Waals surface area contributed by atoms with Gasteiger partial charge in [0.05, 0.1) is 17.4 Å². The van der Waals surface area contributed by atoms with Gasteiger partial charge >= 0.3 is 5.97 Å². The molecule has 1 saturated heterocycles. The van der Waals surface area contributed by atoms with Crippen LogP contribution in [0.2, 0.25) is 5.15 Å². The number of imidazole rings is 1. The molecule has 3 aromatic heterocycles. The lowest BCUT2D eigenvalue weighted by molar-refractivity contribution is -0.171. The highest BCUT2D eigenvalue weighted by molar-refractivity contribution is 9.10. The predicted molar refractivity (Wildman–Crippen MR) is 131 cm³/mol. The molecule has 1 aliphatic carbocycles. The third kappa shape index (κ3) is 3.84. The lowest BCUT2D eigenvalue weighted by Gasteiger charge is -2.46. The van der Waals surface area contributed by atoms with Crippen LogP contribution in [-0.4, -0.2) is 48.3 Å².